The largest absolute Gasteiger partial charge is 0.447 e. The number of carbonyl (C=O) groups excluding carboxylic acids is 2. The van der Waals surface area contributed by atoms with Gasteiger partial charge >= 0.3 is 32.2 Å². The number of carbonyl (C=O) groups is 2. The minimum absolute atomic E-state index is 0.0741. The Morgan fingerprint density at radius 2 is 0.938 bits per heavy atom. The van der Waals surface area contributed by atoms with Crippen molar-refractivity contribution in [1.82, 2.24) is 0 Å². The highest BCUT2D eigenvalue weighted by Crippen LogP contribution is 2.23. The fraction of sp³-hybridized carbons (Fsp3) is 0.900. The summed E-state index contributed by atoms with van der Waals surface area (Å²) in [5.41, 5.74) is 0. The molecule has 2 rings (SSSR count). The molecular weight excluding hydrogens is 464 g/mol. The van der Waals surface area contributed by atoms with Crippen LogP contribution in [0.4, 0.5) is 0 Å². The van der Waals surface area contributed by atoms with Crippen LogP contribution in [-0.2, 0) is 47.7 Å². The van der Waals surface area contributed by atoms with Crippen molar-refractivity contribution in [1.29, 1.82) is 0 Å². The van der Waals surface area contributed by atoms with Crippen LogP contribution in [0.15, 0.2) is 0 Å². The molecule has 10 nitrogen and oxygen atoms in total. The van der Waals surface area contributed by atoms with Gasteiger partial charge in [-0.3, -0.25) is 18.0 Å². The van der Waals surface area contributed by atoms with E-state index < -0.39 is 44.1 Å². The van der Waals surface area contributed by atoms with E-state index in [0.717, 1.165) is 38.5 Å². The second-order valence-electron chi connectivity index (χ2n) is 8.30. The van der Waals surface area contributed by atoms with E-state index in [2.05, 4.69) is 0 Å². The van der Waals surface area contributed by atoms with E-state index >= 15 is 0 Å². The molecule has 0 spiro atoms. The first-order chi connectivity index (χ1) is 15.2. The number of unbranched alkanes of at least 4 members (excludes halogenated alkanes) is 1. The van der Waals surface area contributed by atoms with Crippen molar-refractivity contribution < 1.29 is 44.3 Å². The third kappa shape index (κ3) is 11.6. The standard InChI is InChI=1S/C20H34O10S2/c21-19(27-15-31(23,24)29-17-9-3-1-4-10-17)13-7-8-14-20(22)28-16-32(25,26)30-18-11-5-2-6-12-18/h17-18H,1-16H2. The summed E-state index contributed by atoms with van der Waals surface area (Å²) in [5.74, 6) is -3.08. The molecule has 0 heterocycles. The van der Waals surface area contributed by atoms with E-state index in [1.54, 1.807) is 0 Å². The van der Waals surface area contributed by atoms with Crippen molar-refractivity contribution in [2.75, 3.05) is 11.9 Å². The summed E-state index contributed by atoms with van der Waals surface area (Å²) in [4.78, 5) is 23.4. The van der Waals surface area contributed by atoms with Gasteiger partial charge in [0.25, 0.3) is 0 Å². The third-order valence-corrected chi connectivity index (χ3v) is 7.35. The fourth-order valence-corrected chi connectivity index (χ4v) is 5.63. The molecule has 0 unspecified atom stereocenters. The molecule has 2 aliphatic rings. The van der Waals surface area contributed by atoms with Gasteiger partial charge < -0.3 is 9.47 Å². The van der Waals surface area contributed by atoms with E-state index in [1.807, 2.05) is 0 Å². The molecule has 32 heavy (non-hydrogen) atoms. The molecular formula is C20H34O10S2. The van der Waals surface area contributed by atoms with Gasteiger partial charge in [0.15, 0.2) is 0 Å². The molecule has 0 radical (unpaired) electrons. The van der Waals surface area contributed by atoms with Crippen LogP contribution in [0.25, 0.3) is 0 Å². The van der Waals surface area contributed by atoms with Crippen LogP contribution < -0.4 is 0 Å². The normalized spacial score (nSPS) is 18.9. The molecule has 0 aromatic heterocycles. The molecule has 186 valence electrons. The fourth-order valence-electron chi connectivity index (χ4n) is 3.75. The van der Waals surface area contributed by atoms with E-state index in [9.17, 15) is 26.4 Å². The molecule has 0 atom stereocenters. The first-order valence-electron chi connectivity index (χ1n) is 11.3. The van der Waals surface area contributed by atoms with Crippen molar-refractivity contribution in [3.63, 3.8) is 0 Å². The van der Waals surface area contributed by atoms with E-state index in [0.29, 0.717) is 25.7 Å². The highest BCUT2D eigenvalue weighted by Gasteiger charge is 2.24. The van der Waals surface area contributed by atoms with Gasteiger partial charge in [0.2, 0.25) is 11.9 Å². The molecule has 0 aliphatic heterocycles. The summed E-state index contributed by atoms with van der Waals surface area (Å²) < 4.78 is 67.2. The van der Waals surface area contributed by atoms with E-state index in [-0.39, 0.29) is 37.9 Å². The number of hydrogen-bond donors (Lipinski definition) is 0. The lowest BCUT2D eigenvalue weighted by molar-refractivity contribution is -0.144. The lowest BCUT2D eigenvalue weighted by Crippen LogP contribution is -2.25. The first-order valence-corrected chi connectivity index (χ1v) is 14.4. The van der Waals surface area contributed by atoms with Gasteiger partial charge in [-0.25, -0.2) is 0 Å². The number of esters is 2. The van der Waals surface area contributed by atoms with Gasteiger partial charge in [-0.05, 0) is 38.5 Å². The summed E-state index contributed by atoms with van der Waals surface area (Å²) in [5, 5.41) is 0. The lowest BCUT2D eigenvalue weighted by Gasteiger charge is -2.21. The van der Waals surface area contributed by atoms with Crippen LogP contribution in [-0.4, -0.2) is 52.9 Å². The van der Waals surface area contributed by atoms with Crippen LogP contribution in [0, 0.1) is 0 Å². The van der Waals surface area contributed by atoms with Gasteiger partial charge in [-0.15, -0.1) is 0 Å². The quantitative estimate of drug-likeness (QED) is 0.211. The van der Waals surface area contributed by atoms with Crippen molar-refractivity contribution >= 4 is 32.2 Å². The second kappa shape index (κ2) is 13.5. The maximum absolute atomic E-state index is 11.9. The zero-order valence-electron chi connectivity index (χ0n) is 18.4. The molecule has 0 N–H and O–H groups in total. The number of ether oxygens (including phenoxy) is 2. The summed E-state index contributed by atoms with van der Waals surface area (Å²) in [6, 6.07) is 0. The Bertz CT molecular complexity index is 726. The van der Waals surface area contributed by atoms with Crippen molar-refractivity contribution in [2.45, 2.75) is 102 Å². The molecule has 2 fully saturated rings. The van der Waals surface area contributed by atoms with Crippen LogP contribution in [0.5, 0.6) is 0 Å². The monoisotopic (exact) mass is 498 g/mol. The van der Waals surface area contributed by atoms with Crippen LogP contribution in [0.2, 0.25) is 0 Å². The Labute approximate surface area is 190 Å². The predicted octanol–water partition coefficient (Wildman–Crippen LogP) is 2.91. The summed E-state index contributed by atoms with van der Waals surface area (Å²) in [7, 11) is -7.88. The zero-order chi connectivity index (χ0) is 23.5. The Morgan fingerprint density at radius 3 is 1.28 bits per heavy atom. The molecule has 0 saturated heterocycles. The smallest absolute Gasteiger partial charge is 0.306 e. The average molecular weight is 499 g/mol. The van der Waals surface area contributed by atoms with Crippen molar-refractivity contribution in [3.05, 3.63) is 0 Å². The van der Waals surface area contributed by atoms with E-state index in [1.165, 1.54) is 0 Å². The molecule has 2 saturated carbocycles. The van der Waals surface area contributed by atoms with Crippen LogP contribution in [0.3, 0.4) is 0 Å². The maximum atomic E-state index is 11.9. The van der Waals surface area contributed by atoms with Gasteiger partial charge in [-0.2, -0.15) is 16.8 Å². The zero-order valence-corrected chi connectivity index (χ0v) is 20.0. The highest BCUT2D eigenvalue weighted by molar-refractivity contribution is 7.86. The van der Waals surface area contributed by atoms with Gasteiger partial charge in [0, 0.05) is 12.8 Å². The molecule has 2 aliphatic carbocycles. The average Bonchev–Trinajstić information content (AvgIpc) is 2.75. The Hall–Kier alpha value is -1.24. The number of hydrogen-bond acceptors (Lipinski definition) is 10. The molecule has 12 heteroatoms. The van der Waals surface area contributed by atoms with Crippen molar-refractivity contribution in [2.24, 2.45) is 0 Å². The summed E-state index contributed by atoms with van der Waals surface area (Å²) >= 11 is 0. The summed E-state index contributed by atoms with van der Waals surface area (Å²) in [6.07, 6.45) is 8.19. The van der Waals surface area contributed by atoms with Crippen LogP contribution >= 0.6 is 0 Å². The Balaban J connectivity index is 1.54. The summed E-state index contributed by atoms with van der Waals surface area (Å²) in [6.45, 7) is 0. The van der Waals surface area contributed by atoms with Crippen LogP contribution in [0.1, 0.15) is 89.9 Å². The molecule has 0 aromatic carbocycles. The van der Waals surface area contributed by atoms with E-state index in [4.69, 9.17) is 17.8 Å². The SMILES string of the molecule is O=C(CCCCC(=O)OCS(=O)(=O)OC1CCCCC1)OCS(=O)(=O)OC1CCCCC1. The van der Waals surface area contributed by atoms with Gasteiger partial charge in [0.05, 0.1) is 12.2 Å². The maximum Gasteiger partial charge on any atom is 0.306 e. The first kappa shape index (κ1) is 27.0. The van der Waals surface area contributed by atoms with Crippen molar-refractivity contribution in [3.8, 4) is 0 Å². The topological polar surface area (TPSA) is 139 Å². The lowest BCUT2D eigenvalue weighted by atomic mass is 9.98. The Kier molecular flexibility index (Phi) is 11.4. The highest BCUT2D eigenvalue weighted by atomic mass is 32.2. The third-order valence-electron chi connectivity index (χ3n) is 5.41. The molecule has 0 amide bonds. The Morgan fingerprint density at radius 1 is 0.594 bits per heavy atom. The molecule has 0 bridgehead atoms. The minimum atomic E-state index is -3.94. The van der Waals surface area contributed by atoms with Gasteiger partial charge in [0.1, 0.15) is 0 Å². The minimum Gasteiger partial charge on any atom is -0.447 e. The van der Waals surface area contributed by atoms with Gasteiger partial charge in [-0.1, -0.05) is 38.5 Å². The molecule has 0 aromatic rings. The number of rotatable bonds is 13. The second-order valence-corrected chi connectivity index (χ2v) is 11.4. The predicted molar refractivity (Wildman–Crippen MR) is 114 cm³/mol.